The molecule has 0 amide bonds. The van der Waals surface area contributed by atoms with Gasteiger partial charge in [0.25, 0.3) is 0 Å². The van der Waals surface area contributed by atoms with Gasteiger partial charge in [0.1, 0.15) is 5.75 Å². The summed E-state index contributed by atoms with van der Waals surface area (Å²) >= 11 is 0. The lowest BCUT2D eigenvalue weighted by atomic mass is 9.89. The van der Waals surface area contributed by atoms with E-state index in [0.717, 1.165) is 37.7 Å². The van der Waals surface area contributed by atoms with Crippen LogP contribution >= 0.6 is 0 Å². The molecule has 0 spiro atoms. The van der Waals surface area contributed by atoms with Crippen molar-refractivity contribution in [3.05, 3.63) is 66.2 Å². The Morgan fingerprint density at radius 3 is 1.66 bits per heavy atom. The van der Waals surface area contributed by atoms with E-state index in [1.165, 1.54) is 0 Å². The summed E-state index contributed by atoms with van der Waals surface area (Å²) in [5.41, 5.74) is 0.707. The molecule has 47 heavy (non-hydrogen) atoms. The first kappa shape index (κ1) is 29.9. The van der Waals surface area contributed by atoms with E-state index in [-0.39, 0.29) is 13.2 Å². The molecule has 1 aliphatic heterocycles. The highest BCUT2D eigenvalue weighted by Crippen LogP contribution is 2.50. The molecule has 240 valence electrons. The topological polar surface area (TPSA) is 100 Å². The average molecular weight is 637 g/mol. The number of carbonyl (C=O) groups excluding carboxylic acids is 1. The second kappa shape index (κ2) is 11.9. The van der Waals surface area contributed by atoms with Crippen LogP contribution in [0.15, 0.2) is 60.7 Å². The minimum absolute atomic E-state index is 0.00678. The minimum Gasteiger partial charge on any atom is -0.493 e. The second-order valence-corrected chi connectivity index (χ2v) is 10.9. The zero-order chi connectivity index (χ0) is 32.8. The number of methoxy groups -OCH3 is 6. The number of esters is 1. The van der Waals surface area contributed by atoms with Crippen LogP contribution in [0, 0.1) is 0 Å². The quantitative estimate of drug-likeness (QED) is 0.0918. The molecule has 10 heteroatoms. The van der Waals surface area contributed by atoms with Gasteiger partial charge in [-0.15, -0.1) is 0 Å². The lowest BCUT2D eigenvalue weighted by Gasteiger charge is -2.19. The molecule has 0 radical (unpaired) electrons. The SMILES string of the molecule is COc1ccc(CC(=O)Oc2cc3cc(OC)c(OC)cc3c3c4cc5c(cc4c4cc(OC)c(OC)cc4c23)OCO5)cc1OC. The number of hydrogen-bond donors (Lipinski definition) is 0. The summed E-state index contributed by atoms with van der Waals surface area (Å²) in [6.07, 6.45) is -0.00678. The third kappa shape index (κ3) is 4.93. The van der Waals surface area contributed by atoms with Gasteiger partial charge < -0.3 is 42.6 Å². The summed E-state index contributed by atoms with van der Waals surface area (Å²) in [6, 6.07) is 18.7. The molecule has 0 fully saturated rings. The minimum atomic E-state index is -0.460. The fourth-order valence-electron chi connectivity index (χ4n) is 6.33. The molecule has 7 rings (SSSR count). The summed E-state index contributed by atoms with van der Waals surface area (Å²) < 4.78 is 51.5. The summed E-state index contributed by atoms with van der Waals surface area (Å²) in [7, 11) is 9.47. The smallest absolute Gasteiger partial charge is 0.315 e. The van der Waals surface area contributed by atoms with Gasteiger partial charge in [0, 0.05) is 10.8 Å². The molecule has 0 aliphatic carbocycles. The Labute approximate surface area is 270 Å². The molecule has 1 aliphatic rings. The number of fused-ring (bicyclic) bond motifs is 9. The number of rotatable bonds is 9. The molecule has 0 bridgehead atoms. The normalized spacial score (nSPS) is 12.0. The van der Waals surface area contributed by atoms with Gasteiger partial charge in [0.15, 0.2) is 46.0 Å². The standard InChI is InChI=1S/C37H32O10/c1-39-26-8-7-19(9-27(26)40-2)10-35(38)47-34-12-20-11-28(41-3)29(42-4)13-21(20)36-24-17-33-32(45-18-46-33)15-23(24)22-14-30(43-5)31(44-6)16-25(22)37(34)36/h7-9,11-17H,10,18H2,1-6H3. The summed E-state index contributed by atoms with van der Waals surface area (Å²) in [5, 5.41) is 6.55. The number of hydrogen-bond acceptors (Lipinski definition) is 10. The van der Waals surface area contributed by atoms with E-state index in [0.29, 0.717) is 62.7 Å². The van der Waals surface area contributed by atoms with Crippen molar-refractivity contribution in [3.8, 4) is 51.7 Å². The van der Waals surface area contributed by atoms with Crippen molar-refractivity contribution in [1.82, 2.24) is 0 Å². The predicted octanol–water partition coefficient (Wildman–Crippen LogP) is 7.23. The molecule has 0 N–H and O–H groups in total. The lowest BCUT2D eigenvalue weighted by molar-refractivity contribution is -0.133. The van der Waals surface area contributed by atoms with Crippen molar-refractivity contribution < 1.29 is 47.4 Å². The van der Waals surface area contributed by atoms with Crippen molar-refractivity contribution in [2.45, 2.75) is 6.42 Å². The molecule has 0 saturated carbocycles. The molecule has 10 nitrogen and oxygen atoms in total. The summed E-state index contributed by atoms with van der Waals surface area (Å²) in [5.74, 6) is 4.41. The molecular formula is C37H32O10. The van der Waals surface area contributed by atoms with E-state index < -0.39 is 5.97 Å². The van der Waals surface area contributed by atoms with E-state index in [1.54, 1.807) is 60.9 Å². The third-order valence-corrected chi connectivity index (χ3v) is 8.49. The number of ether oxygens (including phenoxy) is 9. The van der Waals surface area contributed by atoms with Crippen molar-refractivity contribution in [2.75, 3.05) is 49.5 Å². The Hall–Kier alpha value is -5.77. The Morgan fingerprint density at radius 1 is 0.532 bits per heavy atom. The van der Waals surface area contributed by atoms with Gasteiger partial charge in [0.2, 0.25) is 6.79 Å². The van der Waals surface area contributed by atoms with Crippen molar-refractivity contribution in [2.24, 2.45) is 0 Å². The molecule has 6 aromatic carbocycles. The zero-order valence-electron chi connectivity index (χ0n) is 26.8. The first-order valence-electron chi connectivity index (χ1n) is 14.8. The second-order valence-electron chi connectivity index (χ2n) is 10.9. The van der Waals surface area contributed by atoms with Gasteiger partial charge in [0.05, 0.1) is 49.1 Å². The molecule has 0 saturated heterocycles. The van der Waals surface area contributed by atoms with Gasteiger partial charge in [-0.05, 0) is 92.5 Å². The molecule has 6 aromatic rings. The average Bonchev–Trinajstić information content (AvgIpc) is 3.56. The Kier molecular flexibility index (Phi) is 7.55. The zero-order valence-corrected chi connectivity index (χ0v) is 26.8. The molecule has 1 heterocycles. The van der Waals surface area contributed by atoms with Crippen LogP contribution in [-0.4, -0.2) is 55.4 Å². The van der Waals surface area contributed by atoms with Gasteiger partial charge in [-0.2, -0.15) is 0 Å². The van der Waals surface area contributed by atoms with Gasteiger partial charge in [-0.25, -0.2) is 0 Å². The number of benzene rings is 6. The van der Waals surface area contributed by atoms with E-state index in [9.17, 15) is 4.79 Å². The van der Waals surface area contributed by atoms with Gasteiger partial charge in [-0.1, -0.05) is 6.07 Å². The van der Waals surface area contributed by atoms with E-state index in [1.807, 2.05) is 42.5 Å². The van der Waals surface area contributed by atoms with Crippen LogP contribution in [0.25, 0.3) is 43.1 Å². The molecule has 0 unspecified atom stereocenters. The van der Waals surface area contributed by atoms with Crippen molar-refractivity contribution in [1.29, 1.82) is 0 Å². The Bertz CT molecular complexity index is 2220. The number of carbonyl (C=O) groups is 1. The van der Waals surface area contributed by atoms with Gasteiger partial charge >= 0.3 is 5.97 Å². The van der Waals surface area contributed by atoms with Crippen LogP contribution in [0.5, 0.6) is 51.7 Å². The fraction of sp³-hybridized carbons (Fsp3) is 0.216. The van der Waals surface area contributed by atoms with E-state index >= 15 is 0 Å². The monoisotopic (exact) mass is 636 g/mol. The largest absolute Gasteiger partial charge is 0.493 e. The third-order valence-electron chi connectivity index (χ3n) is 8.49. The van der Waals surface area contributed by atoms with Crippen LogP contribution in [-0.2, 0) is 11.2 Å². The molecular weight excluding hydrogens is 604 g/mol. The highest BCUT2D eigenvalue weighted by molar-refractivity contribution is 6.34. The van der Waals surface area contributed by atoms with Crippen LogP contribution < -0.4 is 42.6 Å². The van der Waals surface area contributed by atoms with Crippen LogP contribution in [0.2, 0.25) is 0 Å². The fourth-order valence-corrected chi connectivity index (χ4v) is 6.33. The molecule has 0 aromatic heterocycles. The maximum absolute atomic E-state index is 13.7. The first-order chi connectivity index (χ1) is 22.9. The van der Waals surface area contributed by atoms with Gasteiger partial charge in [-0.3, -0.25) is 4.79 Å². The highest BCUT2D eigenvalue weighted by Gasteiger charge is 2.24. The van der Waals surface area contributed by atoms with Crippen molar-refractivity contribution >= 4 is 49.1 Å². The molecule has 0 atom stereocenters. The predicted molar refractivity (Wildman–Crippen MR) is 178 cm³/mol. The Balaban J connectivity index is 1.55. The van der Waals surface area contributed by atoms with E-state index in [4.69, 9.17) is 42.6 Å². The maximum Gasteiger partial charge on any atom is 0.315 e. The highest BCUT2D eigenvalue weighted by atomic mass is 16.7. The lowest BCUT2D eigenvalue weighted by Crippen LogP contribution is -2.12. The maximum atomic E-state index is 13.7. The van der Waals surface area contributed by atoms with Crippen LogP contribution in [0.1, 0.15) is 5.56 Å². The Morgan fingerprint density at radius 2 is 1.02 bits per heavy atom. The van der Waals surface area contributed by atoms with Crippen LogP contribution in [0.3, 0.4) is 0 Å². The van der Waals surface area contributed by atoms with Crippen LogP contribution in [0.4, 0.5) is 0 Å². The van der Waals surface area contributed by atoms with E-state index in [2.05, 4.69) is 0 Å². The van der Waals surface area contributed by atoms with Crippen molar-refractivity contribution in [3.63, 3.8) is 0 Å². The summed E-state index contributed by atoms with van der Waals surface area (Å²) in [4.78, 5) is 13.7. The first-order valence-corrected chi connectivity index (χ1v) is 14.8. The summed E-state index contributed by atoms with van der Waals surface area (Å²) in [6.45, 7) is 0.115.